The first-order chi connectivity index (χ1) is 13.0. The van der Waals surface area contributed by atoms with Crippen LogP contribution < -0.4 is 5.32 Å². The fourth-order valence-corrected chi connectivity index (χ4v) is 3.56. The SMILES string of the molecule is CCCc1ccc(-c2csc(NC(=O)c3cccc(C)c3[N+](=O)[O-])n2)cc1. The van der Waals surface area contributed by atoms with E-state index in [1.807, 2.05) is 17.5 Å². The van der Waals surface area contributed by atoms with E-state index >= 15 is 0 Å². The Kier molecular flexibility index (Phi) is 5.61. The molecule has 3 rings (SSSR count). The van der Waals surface area contributed by atoms with Crippen molar-refractivity contribution in [1.82, 2.24) is 4.98 Å². The number of para-hydroxylation sites is 1. The maximum atomic E-state index is 12.5. The second-order valence-electron chi connectivity index (χ2n) is 6.17. The number of carbonyl (C=O) groups is 1. The highest BCUT2D eigenvalue weighted by molar-refractivity contribution is 7.14. The van der Waals surface area contributed by atoms with Gasteiger partial charge in [0.2, 0.25) is 0 Å². The number of thiazole rings is 1. The zero-order valence-electron chi connectivity index (χ0n) is 15.1. The third kappa shape index (κ3) is 4.20. The number of nitro groups is 1. The molecule has 0 bridgehead atoms. The van der Waals surface area contributed by atoms with Gasteiger partial charge in [-0.3, -0.25) is 20.2 Å². The summed E-state index contributed by atoms with van der Waals surface area (Å²) in [5.41, 5.74) is 3.29. The van der Waals surface area contributed by atoms with Gasteiger partial charge in [-0.2, -0.15) is 0 Å². The Morgan fingerprint density at radius 3 is 2.63 bits per heavy atom. The first-order valence-electron chi connectivity index (χ1n) is 8.59. The molecule has 0 spiro atoms. The van der Waals surface area contributed by atoms with Crippen molar-refractivity contribution >= 4 is 28.1 Å². The van der Waals surface area contributed by atoms with E-state index in [9.17, 15) is 14.9 Å². The van der Waals surface area contributed by atoms with Crippen LogP contribution in [0.4, 0.5) is 10.8 Å². The van der Waals surface area contributed by atoms with Gasteiger partial charge in [0.05, 0.1) is 10.6 Å². The Labute approximate surface area is 161 Å². The number of anilines is 1. The summed E-state index contributed by atoms with van der Waals surface area (Å²) in [6, 6.07) is 12.9. The summed E-state index contributed by atoms with van der Waals surface area (Å²) in [4.78, 5) is 27.7. The summed E-state index contributed by atoms with van der Waals surface area (Å²) in [5, 5.41) is 16.2. The molecule has 7 heteroatoms. The maximum absolute atomic E-state index is 12.5. The topological polar surface area (TPSA) is 85.1 Å². The normalized spacial score (nSPS) is 10.6. The molecule has 27 heavy (non-hydrogen) atoms. The minimum absolute atomic E-state index is 0.0284. The maximum Gasteiger partial charge on any atom is 0.285 e. The number of nitrogens with zero attached hydrogens (tertiary/aromatic N) is 2. The summed E-state index contributed by atoms with van der Waals surface area (Å²) in [6.07, 6.45) is 2.13. The Hall–Kier alpha value is -3.06. The Bertz CT molecular complexity index is 980. The van der Waals surface area contributed by atoms with Crippen molar-refractivity contribution in [1.29, 1.82) is 0 Å². The van der Waals surface area contributed by atoms with Gasteiger partial charge in [-0.1, -0.05) is 49.7 Å². The monoisotopic (exact) mass is 381 g/mol. The van der Waals surface area contributed by atoms with Gasteiger partial charge < -0.3 is 0 Å². The highest BCUT2D eigenvalue weighted by Gasteiger charge is 2.23. The zero-order chi connectivity index (χ0) is 19.4. The van der Waals surface area contributed by atoms with E-state index in [0.717, 1.165) is 24.1 Å². The number of carbonyl (C=O) groups excluding carboxylic acids is 1. The Morgan fingerprint density at radius 1 is 1.22 bits per heavy atom. The van der Waals surface area contributed by atoms with Crippen LogP contribution in [0.3, 0.4) is 0 Å². The lowest BCUT2D eigenvalue weighted by atomic mass is 10.1. The molecule has 3 aromatic rings. The van der Waals surface area contributed by atoms with Gasteiger partial charge >= 0.3 is 0 Å². The number of amides is 1. The first kappa shape index (κ1) is 18.7. The minimum atomic E-state index is -0.537. The third-order valence-electron chi connectivity index (χ3n) is 4.18. The molecule has 0 saturated carbocycles. The molecule has 0 radical (unpaired) electrons. The van der Waals surface area contributed by atoms with Crippen molar-refractivity contribution in [3.8, 4) is 11.3 Å². The van der Waals surface area contributed by atoms with E-state index in [-0.39, 0.29) is 11.3 Å². The molecule has 6 nitrogen and oxygen atoms in total. The van der Waals surface area contributed by atoms with Crippen LogP contribution in [0.1, 0.15) is 34.8 Å². The fourth-order valence-electron chi connectivity index (χ4n) is 2.84. The molecule has 1 N–H and O–H groups in total. The van der Waals surface area contributed by atoms with E-state index in [0.29, 0.717) is 10.7 Å². The van der Waals surface area contributed by atoms with Crippen LogP contribution in [0, 0.1) is 17.0 Å². The van der Waals surface area contributed by atoms with E-state index in [4.69, 9.17) is 0 Å². The number of nitrogens with one attached hydrogen (secondary N) is 1. The Balaban J connectivity index is 1.79. The lowest BCUT2D eigenvalue weighted by Crippen LogP contribution is -2.14. The van der Waals surface area contributed by atoms with Gasteiger partial charge in [0.15, 0.2) is 5.13 Å². The van der Waals surface area contributed by atoms with Crippen LogP contribution >= 0.6 is 11.3 Å². The van der Waals surface area contributed by atoms with E-state index in [2.05, 4.69) is 29.4 Å². The number of rotatable bonds is 6. The fraction of sp³-hybridized carbons (Fsp3) is 0.200. The van der Waals surface area contributed by atoms with Crippen LogP contribution in [0.2, 0.25) is 0 Å². The van der Waals surface area contributed by atoms with Crippen molar-refractivity contribution in [2.24, 2.45) is 0 Å². The largest absolute Gasteiger partial charge is 0.298 e. The predicted octanol–water partition coefficient (Wildman–Crippen LogP) is 5.23. The average Bonchev–Trinajstić information content (AvgIpc) is 3.10. The van der Waals surface area contributed by atoms with Crippen molar-refractivity contribution in [3.63, 3.8) is 0 Å². The van der Waals surface area contributed by atoms with Crippen molar-refractivity contribution in [3.05, 3.63) is 74.6 Å². The van der Waals surface area contributed by atoms with Crippen molar-refractivity contribution in [2.45, 2.75) is 26.7 Å². The molecule has 1 aromatic heterocycles. The highest BCUT2D eigenvalue weighted by atomic mass is 32.1. The summed E-state index contributed by atoms with van der Waals surface area (Å²) < 4.78 is 0. The molecule has 0 atom stereocenters. The number of hydrogen-bond donors (Lipinski definition) is 1. The second kappa shape index (κ2) is 8.09. The third-order valence-corrected chi connectivity index (χ3v) is 4.94. The van der Waals surface area contributed by atoms with Crippen LogP contribution in [0.25, 0.3) is 11.3 Å². The van der Waals surface area contributed by atoms with E-state index in [1.54, 1.807) is 19.1 Å². The lowest BCUT2D eigenvalue weighted by molar-refractivity contribution is -0.385. The molecular weight excluding hydrogens is 362 g/mol. The predicted molar refractivity (Wildman–Crippen MR) is 107 cm³/mol. The number of aryl methyl sites for hydroxylation is 2. The van der Waals surface area contributed by atoms with E-state index < -0.39 is 10.8 Å². The minimum Gasteiger partial charge on any atom is -0.298 e. The molecule has 0 fully saturated rings. The number of nitro benzene ring substituents is 1. The van der Waals surface area contributed by atoms with Crippen LogP contribution in [-0.4, -0.2) is 15.8 Å². The summed E-state index contributed by atoms with van der Waals surface area (Å²) in [5.74, 6) is -0.537. The average molecular weight is 381 g/mol. The molecular formula is C20H19N3O3S. The first-order valence-corrected chi connectivity index (χ1v) is 9.47. The number of hydrogen-bond acceptors (Lipinski definition) is 5. The van der Waals surface area contributed by atoms with Crippen LogP contribution in [0.15, 0.2) is 47.8 Å². The van der Waals surface area contributed by atoms with E-state index in [1.165, 1.54) is 23.0 Å². The zero-order valence-corrected chi connectivity index (χ0v) is 15.9. The smallest absolute Gasteiger partial charge is 0.285 e. The van der Waals surface area contributed by atoms with Crippen molar-refractivity contribution < 1.29 is 9.72 Å². The molecule has 0 saturated heterocycles. The van der Waals surface area contributed by atoms with Gasteiger partial charge in [0, 0.05) is 16.5 Å². The molecule has 1 heterocycles. The standard InChI is InChI=1S/C20H19N3O3S/c1-3-5-14-8-10-15(11-9-14)17-12-27-20(21-17)22-19(24)16-7-4-6-13(2)18(16)23(25)26/h4,6-12H,3,5H2,1-2H3,(H,21,22,24). The summed E-state index contributed by atoms with van der Waals surface area (Å²) >= 11 is 1.29. The molecule has 2 aromatic carbocycles. The molecule has 0 aliphatic carbocycles. The second-order valence-corrected chi connectivity index (χ2v) is 7.03. The van der Waals surface area contributed by atoms with Crippen LogP contribution in [-0.2, 0) is 6.42 Å². The molecule has 138 valence electrons. The van der Waals surface area contributed by atoms with Crippen LogP contribution in [0.5, 0.6) is 0 Å². The Morgan fingerprint density at radius 2 is 1.96 bits per heavy atom. The molecule has 0 unspecified atom stereocenters. The molecule has 0 aliphatic heterocycles. The molecule has 0 aliphatic rings. The summed E-state index contributed by atoms with van der Waals surface area (Å²) in [7, 11) is 0. The van der Waals surface area contributed by atoms with Gasteiger partial charge in [-0.25, -0.2) is 4.98 Å². The summed E-state index contributed by atoms with van der Waals surface area (Å²) in [6.45, 7) is 3.75. The molecule has 1 amide bonds. The quantitative estimate of drug-likeness (QED) is 0.468. The van der Waals surface area contributed by atoms with Crippen molar-refractivity contribution in [2.75, 3.05) is 5.32 Å². The lowest BCUT2D eigenvalue weighted by Gasteiger charge is -2.05. The van der Waals surface area contributed by atoms with Gasteiger partial charge in [0.1, 0.15) is 5.56 Å². The number of benzene rings is 2. The highest BCUT2D eigenvalue weighted by Crippen LogP contribution is 2.28. The number of aromatic nitrogens is 1. The van der Waals surface area contributed by atoms with Gasteiger partial charge in [-0.15, -0.1) is 11.3 Å². The van der Waals surface area contributed by atoms with Gasteiger partial charge in [0.25, 0.3) is 11.6 Å². The van der Waals surface area contributed by atoms with Gasteiger partial charge in [-0.05, 0) is 25.0 Å².